The van der Waals surface area contributed by atoms with E-state index >= 15 is 0 Å². The maximum absolute atomic E-state index is 11.5. The van der Waals surface area contributed by atoms with Crippen molar-refractivity contribution in [3.8, 4) is 0 Å². The average molecular weight is 279 g/mol. The van der Waals surface area contributed by atoms with Gasteiger partial charge in [0.25, 0.3) is 0 Å². The Morgan fingerprint density at radius 1 is 1.39 bits per heavy atom. The Balaban J connectivity index is 4.10. The summed E-state index contributed by atoms with van der Waals surface area (Å²) in [7, 11) is -3.30. The van der Waals surface area contributed by atoms with Crippen LogP contribution in [0, 0.1) is 0 Å². The molecule has 0 aromatic carbocycles. The van der Waals surface area contributed by atoms with E-state index in [9.17, 15) is 18.0 Å². The molecule has 0 radical (unpaired) electrons. The van der Waals surface area contributed by atoms with Crippen LogP contribution in [0.25, 0.3) is 0 Å². The fourth-order valence-corrected chi connectivity index (χ4v) is 1.53. The van der Waals surface area contributed by atoms with Gasteiger partial charge in [0.05, 0.1) is 6.26 Å². The number of carboxylic acids is 1. The van der Waals surface area contributed by atoms with Crippen LogP contribution in [0.3, 0.4) is 0 Å². The molecule has 0 heterocycles. The molecule has 9 heteroatoms. The van der Waals surface area contributed by atoms with Crippen molar-refractivity contribution in [2.75, 3.05) is 32.4 Å². The number of carbonyl (C=O) groups excluding carboxylic acids is 1. The van der Waals surface area contributed by atoms with Gasteiger partial charge in [0.2, 0.25) is 10.0 Å². The lowest BCUT2D eigenvalue weighted by Gasteiger charge is -2.19. The van der Waals surface area contributed by atoms with E-state index in [0.29, 0.717) is 0 Å². The van der Waals surface area contributed by atoms with Crippen molar-refractivity contribution in [2.45, 2.75) is 0 Å². The predicted octanol–water partition coefficient (Wildman–Crippen LogP) is -1.18. The SMILES string of the molecule is C=CCN(CC(=O)O)C(=O)NCCNS(C)(=O)=O. The predicted molar refractivity (Wildman–Crippen MR) is 65.7 cm³/mol. The molecule has 0 aromatic heterocycles. The number of hydrogen-bond donors (Lipinski definition) is 3. The van der Waals surface area contributed by atoms with Gasteiger partial charge in [-0.3, -0.25) is 4.79 Å². The van der Waals surface area contributed by atoms with Gasteiger partial charge in [0.15, 0.2) is 0 Å². The lowest BCUT2D eigenvalue weighted by molar-refractivity contribution is -0.137. The molecule has 0 bridgehead atoms. The van der Waals surface area contributed by atoms with Crippen LogP contribution < -0.4 is 10.0 Å². The smallest absolute Gasteiger partial charge is 0.323 e. The third kappa shape index (κ3) is 8.53. The van der Waals surface area contributed by atoms with Crippen LogP contribution in [0.2, 0.25) is 0 Å². The molecule has 3 N–H and O–H groups in total. The fourth-order valence-electron chi connectivity index (χ4n) is 1.06. The normalized spacial score (nSPS) is 10.7. The molecule has 0 fully saturated rings. The molecule has 18 heavy (non-hydrogen) atoms. The number of carbonyl (C=O) groups is 2. The van der Waals surface area contributed by atoms with Gasteiger partial charge >= 0.3 is 12.0 Å². The van der Waals surface area contributed by atoms with E-state index in [0.717, 1.165) is 11.2 Å². The molecular formula is C9H17N3O5S. The van der Waals surface area contributed by atoms with Gasteiger partial charge in [0, 0.05) is 19.6 Å². The third-order valence-corrected chi connectivity index (χ3v) is 2.46. The molecule has 0 atom stereocenters. The summed E-state index contributed by atoms with van der Waals surface area (Å²) < 4.78 is 23.7. The molecule has 0 unspecified atom stereocenters. The summed E-state index contributed by atoms with van der Waals surface area (Å²) in [5, 5.41) is 11.0. The molecule has 0 aliphatic rings. The van der Waals surface area contributed by atoms with Crippen molar-refractivity contribution in [3.05, 3.63) is 12.7 Å². The van der Waals surface area contributed by atoms with Crippen molar-refractivity contribution in [1.82, 2.24) is 14.9 Å². The first-order valence-corrected chi connectivity index (χ1v) is 6.95. The highest BCUT2D eigenvalue weighted by molar-refractivity contribution is 7.88. The van der Waals surface area contributed by atoms with E-state index in [-0.39, 0.29) is 19.6 Å². The van der Waals surface area contributed by atoms with E-state index in [1.54, 1.807) is 0 Å². The van der Waals surface area contributed by atoms with Crippen molar-refractivity contribution in [3.63, 3.8) is 0 Å². The number of sulfonamides is 1. The summed E-state index contributed by atoms with van der Waals surface area (Å²) in [5.41, 5.74) is 0. The highest BCUT2D eigenvalue weighted by Gasteiger charge is 2.14. The van der Waals surface area contributed by atoms with Gasteiger partial charge in [-0.2, -0.15) is 0 Å². The van der Waals surface area contributed by atoms with Gasteiger partial charge in [-0.25, -0.2) is 17.9 Å². The van der Waals surface area contributed by atoms with Gasteiger partial charge in [-0.1, -0.05) is 6.08 Å². The molecule has 0 aromatic rings. The van der Waals surface area contributed by atoms with Crippen LogP contribution in [0.15, 0.2) is 12.7 Å². The fraction of sp³-hybridized carbons (Fsp3) is 0.556. The van der Waals surface area contributed by atoms with Gasteiger partial charge in [-0.05, 0) is 0 Å². The number of rotatable bonds is 8. The molecule has 104 valence electrons. The van der Waals surface area contributed by atoms with E-state index in [4.69, 9.17) is 5.11 Å². The first-order chi connectivity index (χ1) is 8.26. The van der Waals surface area contributed by atoms with Crippen LogP contribution in [0.1, 0.15) is 0 Å². The summed E-state index contributed by atoms with van der Waals surface area (Å²) in [6, 6.07) is -0.590. The Kier molecular flexibility index (Phi) is 6.98. The summed E-state index contributed by atoms with van der Waals surface area (Å²) >= 11 is 0. The molecule has 0 aliphatic heterocycles. The summed E-state index contributed by atoms with van der Waals surface area (Å²) in [6.45, 7) is 3.17. The zero-order chi connectivity index (χ0) is 14.2. The highest BCUT2D eigenvalue weighted by Crippen LogP contribution is 1.90. The van der Waals surface area contributed by atoms with Crippen molar-refractivity contribution in [1.29, 1.82) is 0 Å². The standard InChI is InChI=1S/C9H17N3O5S/c1-3-6-12(7-8(13)14)9(15)10-4-5-11-18(2,16)17/h3,11H,1,4-7H2,2H3,(H,10,15)(H,13,14). The number of nitrogens with zero attached hydrogens (tertiary/aromatic N) is 1. The Morgan fingerprint density at radius 3 is 2.44 bits per heavy atom. The zero-order valence-electron chi connectivity index (χ0n) is 10.0. The summed E-state index contributed by atoms with van der Waals surface area (Å²) in [5.74, 6) is -1.14. The molecular weight excluding hydrogens is 262 g/mol. The molecule has 2 amide bonds. The monoisotopic (exact) mass is 279 g/mol. The van der Waals surface area contributed by atoms with Crippen molar-refractivity contribution in [2.24, 2.45) is 0 Å². The quantitative estimate of drug-likeness (QED) is 0.382. The minimum atomic E-state index is -3.30. The molecule has 0 spiro atoms. The molecule has 0 saturated carbocycles. The van der Waals surface area contributed by atoms with Crippen LogP contribution in [-0.2, 0) is 14.8 Å². The average Bonchev–Trinajstić information content (AvgIpc) is 2.21. The van der Waals surface area contributed by atoms with Crippen molar-refractivity contribution < 1.29 is 23.1 Å². The molecule has 0 rings (SSSR count). The van der Waals surface area contributed by atoms with E-state index in [1.807, 2.05) is 0 Å². The first kappa shape index (κ1) is 16.4. The first-order valence-electron chi connectivity index (χ1n) is 5.06. The Labute approximate surface area is 106 Å². The number of aliphatic carboxylic acids is 1. The molecule has 0 saturated heterocycles. The summed E-state index contributed by atoms with van der Waals surface area (Å²) in [6.07, 6.45) is 2.40. The van der Waals surface area contributed by atoms with E-state index < -0.39 is 28.6 Å². The van der Waals surface area contributed by atoms with Crippen LogP contribution in [-0.4, -0.2) is 62.9 Å². The maximum atomic E-state index is 11.5. The second-order valence-corrected chi connectivity index (χ2v) is 5.29. The van der Waals surface area contributed by atoms with Crippen LogP contribution in [0.4, 0.5) is 4.79 Å². The van der Waals surface area contributed by atoms with Gasteiger partial charge in [0.1, 0.15) is 6.54 Å². The topological polar surface area (TPSA) is 116 Å². The lowest BCUT2D eigenvalue weighted by Crippen LogP contribution is -2.45. The number of hydrogen-bond acceptors (Lipinski definition) is 4. The van der Waals surface area contributed by atoms with Gasteiger partial charge in [-0.15, -0.1) is 6.58 Å². The van der Waals surface area contributed by atoms with Crippen molar-refractivity contribution >= 4 is 22.0 Å². The molecule has 8 nitrogen and oxygen atoms in total. The maximum Gasteiger partial charge on any atom is 0.323 e. The minimum Gasteiger partial charge on any atom is -0.480 e. The number of urea groups is 1. The zero-order valence-corrected chi connectivity index (χ0v) is 10.9. The Morgan fingerprint density at radius 2 is 2.00 bits per heavy atom. The number of carboxylic acid groups (broad SMARTS) is 1. The lowest BCUT2D eigenvalue weighted by atomic mass is 10.4. The largest absolute Gasteiger partial charge is 0.480 e. The van der Waals surface area contributed by atoms with Crippen LogP contribution >= 0.6 is 0 Å². The number of nitrogens with one attached hydrogen (secondary N) is 2. The second kappa shape index (κ2) is 7.67. The van der Waals surface area contributed by atoms with E-state index in [2.05, 4.69) is 16.6 Å². The second-order valence-electron chi connectivity index (χ2n) is 3.46. The number of amides is 2. The third-order valence-electron chi connectivity index (χ3n) is 1.73. The van der Waals surface area contributed by atoms with E-state index in [1.165, 1.54) is 6.08 Å². The Bertz CT molecular complexity index is 406. The van der Waals surface area contributed by atoms with Gasteiger partial charge < -0.3 is 15.3 Å². The van der Waals surface area contributed by atoms with Crippen LogP contribution in [0.5, 0.6) is 0 Å². The highest BCUT2D eigenvalue weighted by atomic mass is 32.2. The summed E-state index contributed by atoms with van der Waals surface area (Å²) in [4.78, 5) is 23.1. The Hall–Kier alpha value is -1.61. The minimum absolute atomic E-state index is 0.0412. The molecule has 0 aliphatic carbocycles.